The Balaban J connectivity index is 2.35. The van der Waals surface area contributed by atoms with Crippen LogP contribution in [-0.2, 0) is 0 Å². The van der Waals surface area contributed by atoms with E-state index in [4.69, 9.17) is 5.73 Å². The molecule has 0 radical (unpaired) electrons. The van der Waals surface area contributed by atoms with E-state index in [1.807, 2.05) is 0 Å². The second-order valence-electron chi connectivity index (χ2n) is 3.49. The summed E-state index contributed by atoms with van der Waals surface area (Å²) in [4.78, 5) is 5.61. The van der Waals surface area contributed by atoms with Crippen molar-refractivity contribution in [1.29, 1.82) is 0 Å². The summed E-state index contributed by atoms with van der Waals surface area (Å²) in [6.07, 6.45) is 0. The van der Waals surface area contributed by atoms with E-state index in [-0.39, 0.29) is 6.04 Å². The largest absolute Gasteiger partial charge is 0.370 e. The highest BCUT2D eigenvalue weighted by Gasteiger charge is 2.26. The van der Waals surface area contributed by atoms with Crippen LogP contribution >= 0.6 is 0 Å². The lowest BCUT2D eigenvalue weighted by Crippen LogP contribution is -2.32. The molecule has 1 aromatic carbocycles. The smallest absolute Gasteiger partial charge is 0.191 e. The fraction of sp³-hybridized carbons (Fsp3) is 0.300. The van der Waals surface area contributed by atoms with E-state index < -0.39 is 11.6 Å². The zero-order valence-electron chi connectivity index (χ0n) is 8.24. The number of benzene rings is 1. The van der Waals surface area contributed by atoms with Gasteiger partial charge in [-0.15, -0.1) is 0 Å². The van der Waals surface area contributed by atoms with Gasteiger partial charge >= 0.3 is 0 Å². The topological polar surface area (TPSA) is 41.6 Å². The SMILES string of the molecule is CN1C(N)=NCC1c1cc(F)ccc1F. The molecule has 0 fully saturated rings. The summed E-state index contributed by atoms with van der Waals surface area (Å²) in [6, 6.07) is 3.09. The van der Waals surface area contributed by atoms with Crippen molar-refractivity contribution in [3.8, 4) is 0 Å². The summed E-state index contributed by atoms with van der Waals surface area (Å²) in [5.74, 6) is -0.535. The van der Waals surface area contributed by atoms with Gasteiger partial charge in [-0.3, -0.25) is 4.99 Å². The Morgan fingerprint density at radius 1 is 1.47 bits per heavy atom. The van der Waals surface area contributed by atoms with Crippen molar-refractivity contribution in [2.24, 2.45) is 10.7 Å². The van der Waals surface area contributed by atoms with Gasteiger partial charge in [0.2, 0.25) is 0 Å². The van der Waals surface area contributed by atoms with Crippen LogP contribution in [0.2, 0.25) is 0 Å². The molecule has 0 aliphatic carbocycles. The quantitative estimate of drug-likeness (QED) is 0.760. The van der Waals surface area contributed by atoms with E-state index in [0.717, 1.165) is 12.1 Å². The molecule has 1 unspecified atom stereocenters. The molecular weight excluding hydrogens is 200 g/mol. The van der Waals surface area contributed by atoms with Crippen molar-refractivity contribution in [1.82, 2.24) is 4.90 Å². The lowest BCUT2D eigenvalue weighted by atomic mass is 10.1. The van der Waals surface area contributed by atoms with E-state index in [1.54, 1.807) is 11.9 Å². The van der Waals surface area contributed by atoms with Crippen LogP contribution in [0.3, 0.4) is 0 Å². The molecule has 5 heteroatoms. The van der Waals surface area contributed by atoms with Crippen LogP contribution in [0.15, 0.2) is 23.2 Å². The van der Waals surface area contributed by atoms with Gasteiger partial charge < -0.3 is 10.6 Å². The highest BCUT2D eigenvalue weighted by molar-refractivity contribution is 5.80. The standard InChI is InChI=1S/C10H11F2N3/c1-15-9(5-14-10(15)13)7-4-6(11)2-3-8(7)12/h2-4,9H,5H2,1H3,(H2,13,14). The fourth-order valence-corrected chi connectivity index (χ4v) is 1.65. The van der Waals surface area contributed by atoms with E-state index in [9.17, 15) is 8.78 Å². The molecule has 15 heavy (non-hydrogen) atoms. The van der Waals surface area contributed by atoms with Gasteiger partial charge in [0.15, 0.2) is 5.96 Å². The van der Waals surface area contributed by atoms with Gasteiger partial charge in [-0.25, -0.2) is 8.78 Å². The third-order valence-corrected chi connectivity index (χ3v) is 2.57. The Hall–Kier alpha value is -1.65. The number of aliphatic imine (C=N–C) groups is 1. The fourth-order valence-electron chi connectivity index (χ4n) is 1.65. The second-order valence-corrected chi connectivity index (χ2v) is 3.49. The molecule has 0 amide bonds. The van der Waals surface area contributed by atoms with Crippen molar-refractivity contribution < 1.29 is 8.78 Å². The monoisotopic (exact) mass is 211 g/mol. The van der Waals surface area contributed by atoms with E-state index in [0.29, 0.717) is 18.1 Å². The minimum atomic E-state index is -0.453. The van der Waals surface area contributed by atoms with Crippen LogP contribution in [0, 0.1) is 11.6 Å². The third kappa shape index (κ3) is 1.65. The van der Waals surface area contributed by atoms with E-state index in [1.165, 1.54) is 6.07 Å². The predicted octanol–water partition coefficient (Wildman–Crippen LogP) is 1.27. The number of rotatable bonds is 1. The van der Waals surface area contributed by atoms with Crippen LogP contribution in [0.4, 0.5) is 8.78 Å². The van der Waals surface area contributed by atoms with Crippen molar-refractivity contribution in [3.63, 3.8) is 0 Å². The van der Waals surface area contributed by atoms with Crippen molar-refractivity contribution >= 4 is 5.96 Å². The maximum atomic E-state index is 13.4. The van der Waals surface area contributed by atoms with Crippen LogP contribution in [0.25, 0.3) is 0 Å². The second kappa shape index (κ2) is 3.49. The zero-order valence-corrected chi connectivity index (χ0v) is 8.24. The van der Waals surface area contributed by atoms with Gasteiger partial charge in [-0.05, 0) is 18.2 Å². The molecule has 1 heterocycles. The average Bonchev–Trinajstić information content (AvgIpc) is 2.52. The molecule has 1 aliphatic heterocycles. The van der Waals surface area contributed by atoms with Gasteiger partial charge in [-0.2, -0.15) is 0 Å². The molecule has 3 nitrogen and oxygen atoms in total. The van der Waals surface area contributed by atoms with Crippen molar-refractivity contribution in [2.45, 2.75) is 6.04 Å². The summed E-state index contributed by atoms with van der Waals surface area (Å²) >= 11 is 0. The highest BCUT2D eigenvalue weighted by atomic mass is 19.1. The summed E-state index contributed by atoms with van der Waals surface area (Å²) < 4.78 is 26.4. The lowest BCUT2D eigenvalue weighted by molar-refractivity contribution is 0.397. The van der Waals surface area contributed by atoms with Gasteiger partial charge in [0.25, 0.3) is 0 Å². The third-order valence-electron chi connectivity index (χ3n) is 2.57. The number of hydrogen-bond donors (Lipinski definition) is 1. The zero-order chi connectivity index (χ0) is 11.0. The first-order valence-electron chi connectivity index (χ1n) is 4.57. The highest BCUT2D eigenvalue weighted by Crippen LogP contribution is 2.26. The molecule has 1 atom stereocenters. The van der Waals surface area contributed by atoms with Crippen molar-refractivity contribution in [3.05, 3.63) is 35.4 Å². The summed E-state index contributed by atoms with van der Waals surface area (Å²) in [5, 5.41) is 0. The normalized spacial score (nSPS) is 20.6. The lowest BCUT2D eigenvalue weighted by Gasteiger charge is -2.21. The minimum absolute atomic E-state index is 0.293. The molecule has 0 aromatic heterocycles. The maximum Gasteiger partial charge on any atom is 0.191 e. The first kappa shape index (κ1) is 9.89. The van der Waals surface area contributed by atoms with Gasteiger partial charge in [0.05, 0.1) is 12.6 Å². The minimum Gasteiger partial charge on any atom is -0.370 e. The number of nitrogens with zero attached hydrogens (tertiary/aromatic N) is 2. The van der Waals surface area contributed by atoms with Crippen molar-refractivity contribution in [2.75, 3.05) is 13.6 Å². The molecule has 0 bridgehead atoms. The molecule has 0 saturated heterocycles. The molecule has 1 aromatic rings. The Kier molecular flexibility index (Phi) is 2.30. The van der Waals surface area contributed by atoms with Crippen LogP contribution < -0.4 is 5.73 Å². The number of hydrogen-bond acceptors (Lipinski definition) is 3. The number of likely N-dealkylation sites (N-methyl/N-ethyl adjacent to an activating group) is 1. The molecule has 2 N–H and O–H groups in total. The number of nitrogens with two attached hydrogens (primary N) is 1. The molecule has 0 saturated carbocycles. The number of guanidine groups is 1. The average molecular weight is 211 g/mol. The summed E-state index contributed by atoms with van der Waals surface area (Å²) in [7, 11) is 1.71. The molecule has 80 valence electrons. The van der Waals surface area contributed by atoms with Crippen LogP contribution in [0.5, 0.6) is 0 Å². The van der Waals surface area contributed by atoms with Crippen LogP contribution in [0.1, 0.15) is 11.6 Å². The first-order chi connectivity index (χ1) is 7.09. The van der Waals surface area contributed by atoms with E-state index in [2.05, 4.69) is 4.99 Å². The number of halogens is 2. The first-order valence-corrected chi connectivity index (χ1v) is 4.57. The van der Waals surface area contributed by atoms with E-state index >= 15 is 0 Å². The summed E-state index contributed by atoms with van der Waals surface area (Å²) in [6.45, 7) is 0.364. The molecule has 0 spiro atoms. The predicted molar refractivity (Wildman–Crippen MR) is 53.4 cm³/mol. The van der Waals surface area contributed by atoms with Gasteiger partial charge in [-0.1, -0.05) is 0 Å². The Morgan fingerprint density at radius 3 is 2.80 bits per heavy atom. The van der Waals surface area contributed by atoms with Gasteiger partial charge in [0, 0.05) is 12.6 Å². The molecular formula is C10H11F2N3. The van der Waals surface area contributed by atoms with Gasteiger partial charge in [0.1, 0.15) is 11.6 Å². The summed E-state index contributed by atoms with van der Waals surface area (Å²) in [5.41, 5.74) is 5.85. The Bertz CT molecular complexity index is 417. The molecule has 2 rings (SSSR count). The maximum absolute atomic E-state index is 13.4. The molecule has 1 aliphatic rings. The Labute approximate surface area is 86.2 Å². The van der Waals surface area contributed by atoms with Crippen LogP contribution in [-0.4, -0.2) is 24.5 Å². The Morgan fingerprint density at radius 2 is 2.20 bits per heavy atom.